The lowest BCUT2D eigenvalue weighted by Gasteiger charge is -2.07. The van der Waals surface area contributed by atoms with Gasteiger partial charge in [-0.05, 0) is 42.5 Å². The number of primary amides is 1. The molecule has 3 aromatic rings. The van der Waals surface area contributed by atoms with Gasteiger partial charge < -0.3 is 15.8 Å². The van der Waals surface area contributed by atoms with Gasteiger partial charge in [0.2, 0.25) is 11.8 Å². The smallest absolute Gasteiger partial charge is 0.248 e. The highest BCUT2D eigenvalue weighted by atomic mass is 16.5. The molecule has 0 fully saturated rings. The van der Waals surface area contributed by atoms with Crippen LogP contribution in [-0.2, 0) is 11.3 Å². The average Bonchev–Trinajstić information content (AvgIpc) is 3.02. The van der Waals surface area contributed by atoms with Crippen LogP contribution in [0, 0.1) is 0 Å². The number of methoxy groups -OCH3 is 1. The van der Waals surface area contributed by atoms with Gasteiger partial charge in [-0.25, -0.2) is 0 Å². The molecule has 0 unspecified atom stereocenters. The van der Waals surface area contributed by atoms with E-state index in [1.165, 1.54) is 0 Å². The van der Waals surface area contributed by atoms with Gasteiger partial charge in [0.15, 0.2) is 0 Å². The van der Waals surface area contributed by atoms with Crippen molar-refractivity contribution in [2.75, 3.05) is 12.4 Å². The SMILES string of the molecule is COc1ccc2c(cnn2CCC(=O)Nc2ccc(C(N)=O)cc2)c1. The zero-order valence-corrected chi connectivity index (χ0v) is 13.7. The Morgan fingerprint density at radius 3 is 2.64 bits per heavy atom. The first kappa shape index (κ1) is 16.5. The van der Waals surface area contributed by atoms with Crippen molar-refractivity contribution in [1.29, 1.82) is 0 Å². The number of hydrogen-bond acceptors (Lipinski definition) is 4. The number of benzene rings is 2. The summed E-state index contributed by atoms with van der Waals surface area (Å²) in [4.78, 5) is 23.1. The minimum atomic E-state index is -0.500. The van der Waals surface area contributed by atoms with Crippen LogP contribution in [0.25, 0.3) is 10.9 Å². The van der Waals surface area contributed by atoms with Crippen molar-refractivity contribution in [3.63, 3.8) is 0 Å². The van der Waals surface area contributed by atoms with Crippen molar-refractivity contribution in [2.45, 2.75) is 13.0 Å². The van der Waals surface area contributed by atoms with E-state index in [4.69, 9.17) is 10.5 Å². The maximum absolute atomic E-state index is 12.1. The Balaban J connectivity index is 1.61. The highest BCUT2D eigenvalue weighted by molar-refractivity contribution is 5.94. The molecule has 0 aliphatic rings. The summed E-state index contributed by atoms with van der Waals surface area (Å²) in [7, 11) is 1.62. The number of rotatable bonds is 6. The summed E-state index contributed by atoms with van der Waals surface area (Å²) in [6, 6.07) is 12.1. The Hall–Kier alpha value is -3.35. The predicted molar refractivity (Wildman–Crippen MR) is 94.5 cm³/mol. The van der Waals surface area contributed by atoms with E-state index in [2.05, 4.69) is 10.4 Å². The van der Waals surface area contributed by atoms with Crippen LogP contribution in [0.15, 0.2) is 48.7 Å². The number of hydrogen-bond donors (Lipinski definition) is 2. The number of ether oxygens (including phenoxy) is 1. The van der Waals surface area contributed by atoms with Gasteiger partial charge in [0.25, 0.3) is 0 Å². The van der Waals surface area contributed by atoms with Crippen LogP contribution < -0.4 is 15.8 Å². The first-order valence-electron chi connectivity index (χ1n) is 7.76. The van der Waals surface area contributed by atoms with Gasteiger partial charge >= 0.3 is 0 Å². The summed E-state index contributed by atoms with van der Waals surface area (Å²) in [5, 5.41) is 8.06. The number of carbonyl (C=O) groups excluding carboxylic acids is 2. The van der Waals surface area contributed by atoms with Crippen molar-refractivity contribution >= 4 is 28.4 Å². The fourth-order valence-electron chi connectivity index (χ4n) is 2.52. The Kier molecular flexibility index (Phi) is 4.65. The van der Waals surface area contributed by atoms with Crippen LogP contribution >= 0.6 is 0 Å². The van der Waals surface area contributed by atoms with Crippen molar-refractivity contribution in [2.24, 2.45) is 5.73 Å². The van der Waals surface area contributed by atoms with Gasteiger partial charge in [-0.2, -0.15) is 5.10 Å². The van der Waals surface area contributed by atoms with E-state index in [-0.39, 0.29) is 12.3 Å². The molecule has 0 aliphatic carbocycles. The Labute approximate surface area is 144 Å². The van der Waals surface area contributed by atoms with Gasteiger partial charge in [-0.3, -0.25) is 14.3 Å². The van der Waals surface area contributed by atoms with Crippen molar-refractivity contribution in [3.8, 4) is 5.75 Å². The van der Waals surface area contributed by atoms with E-state index in [0.29, 0.717) is 17.8 Å². The second kappa shape index (κ2) is 7.04. The highest BCUT2D eigenvalue weighted by Gasteiger charge is 2.08. The number of aryl methyl sites for hydroxylation is 1. The number of nitrogens with one attached hydrogen (secondary N) is 1. The van der Waals surface area contributed by atoms with Crippen LogP contribution in [0.1, 0.15) is 16.8 Å². The summed E-state index contributed by atoms with van der Waals surface area (Å²) in [6.45, 7) is 0.459. The summed E-state index contributed by atoms with van der Waals surface area (Å²) in [5.74, 6) is 0.133. The van der Waals surface area contributed by atoms with Crippen LogP contribution in [0.2, 0.25) is 0 Å². The summed E-state index contributed by atoms with van der Waals surface area (Å²) in [6.07, 6.45) is 2.03. The standard InChI is InChI=1S/C18H18N4O3/c1-25-15-6-7-16-13(10-15)11-20-22(16)9-8-17(23)21-14-4-2-12(3-5-14)18(19)24/h2-7,10-11H,8-9H2,1H3,(H2,19,24)(H,21,23). The third-order valence-electron chi connectivity index (χ3n) is 3.85. The van der Waals surface area contributed by atoms with Crippen molar-refractivity contribution in [1.82, 2.24) is 9.78 Å². The monoisotopic (exact) mass is 338 g/mol. The normalized spacial score (nSPS) is 10.6. The molecule has 7 nitrogen and oxygen atoms in total. The van der Waals surface area contributed by atoms with E-state index < -0.39 is 5.91 Å². The Morgan fingerprint density at radius 1 is 1.20 bits per heavy atom. The molecule has 7 heteroatoms. The largest absolute Gasteiger partial charge is 0.497 e. The summed E-state index contributed by atoms with van der Waals surface area (Å²) >= 11 is 0. The third kappa shape index (κ3) is 3.77. The molecule has 1 aromatic heterocycles. The number of amides is 2. The van der Waals surface area contributed by atoms with E-state index in [0.717, 1.165) is 16.7 Å². The van der Waals surface area contributed by atoms with Crippen LogP contribution in [0.4, 0.5) is 5.69 Å². The zero-order chi connectivity index (χ0) is 17.8. The molecule has 128 valence electrons. The van der Waals surface area contributed by atoms with E-state index in [9.17, 15) is 9.59 Å². The lowest BCUT2D eigenvalue weighted by Crippen LogP contribution is -2.15. The van der Waals surface area contributed by atoms with Gasteiger partial charge in [-0.1, -0.05) is 0 Å². The average molecular weight is 338 g/mol. The molecule has 0 atom stereocenters. The number of fused-ring (bicyclic) bond motifs is 1. The Bertz CT molecular complexity index is 916. The van der Waals surface area contributed by atoms with Crippen molar-refractivity contribution < 1.29 is 14.3 Å². The number of nitrogens with two attached hydrogens (primary N) is 1. The molecule has 1 heterocycles. The van der Waals surface area contributed by atoms with E-state index >= 15 is 0 Å². The lowest BCUT2D eigenvalue weighted by atomic mass is 10.2. The van der Waals surface area contributed by atoms with Crippen molar-refractivity contribution in [3.05, 3.63) is 54.2 Å². The van der Waals surface area contributed by atoms with Gasteiger partial charge in [-0.15, -0.1) is 0 Å². The van der Waals surface area contributed by atoms with E-state index in [1.54, 1.807) is 42.3 Å². The molecule has 0 spiro atoms. The topological polar surface area (TPSA) is 99.2 Å². The zero-order valence-electron chi connectivity index (χ0n) is 13.7. The second-order valence-electron chi connectivity index (χ2n) is 5.53. The molecule has 2 aromatic carbocycles. The van der Waals surface area contributed by atoms with Gasteiger partial charge in [0.05, 0.1) is 25.4 Å². The molecule has 0 saturated heterocycles. The van der Waals surface area contributed by atoms with Crippen LogP contribution in [-0.4, -0.2) is 28.7 Å². The highest BCUT2D eigenvalue weighted by Crippen LogP contribution is 2.20. The van der Waals surface area contributed by atoms with E-state index in [1.807, 2.05) is 18.2 Å². The predicted octanol–water partition coefficient (Wildman–Crippen LogP) is 2.17. The number of aromatic nitrogens is 2. The fraction of sp³-hybridized carbons (Fsp3) is 0.167. The molecular formula is C18H18N4O3. The molecular weight excluding hydrogens is 320 g/mol. The minimum absolute atomic E-state index is 0.135. The fourth-order valence-corrected chi connectivity index (χ4v) is 2.52. The number of carbonyl (C=O) groups is 2. The van der Waals surface area contributed by atoms with Gasteiger partial charge in [0.1, 0.15) is 5.75 Å². The van der Waals surface area contributed by atoms with Crippen LogP contribution in [0.5, 0.6) is 5.75 Å². The molecule has 2 amide bonds. The molecule has 0 radical (unpaired) electrons. The molecule has 25 heavy (non-hydrogen) atoms. The maximum atomic E-state index is 12.1. The molecule has 0 saturated carbocycles. The molecule has 3 rings (SSSR count). The molecule has 3 N–H and O–H groups in total. The molecule has 0 aliphatic heterocycles. The van der Waals surface area contributed by atoms with Crippen LogP contribution in [0.3, 0.4) is 0 Å². The Morgan fingerprint density at radius 2 is 1.96 bits per heavy atom. The summed E-state index contributed by atoms with van der Waals surface area (Å²) in [5.41, 5.74) is 7.15. The summed E-state index contributed by atoms with van der Waals surface area (Å²) < 4.78 is 6.97. The third-order valence-corrected chi connectivity index (χ3v) is 3.85. The molecule has 0 bridgehead atoms. The number of nitrogens with zero attached hydrogens (tertiary/aromatic N) is 2. The first-order chi connectivity index (χ1) is 12.1. The first-order valence-corrected chi connectivity index (χ1v) is 7.76. The number of anilines is 1. The lowest BCUT2D eigenvalue weighted by molar-refractivity contribution is -0.116. The van der Waals surface area contributed by atoms with Gasteiger partial charge in [0, 0.05) is 23.1 Å². The minimum Gasteiger partial charge on any atom is -0.497 e. The maximum Gasteiger partial charge on any atom is 0.248 e. The quantitative estimate of drug-likeness (QED) is 0.719. The second-order valence-corrected chi connectivity index (χ2v) is 5.53.